The second kappa shape index (κ2) is 6.24. The molecule has 1 unspecified atom stereocenters. The SMILES string of the molecule is CCN1CCOC(c2noc(Cc3ccc(N)cc3)n2)C1. The minimum absolute atomic E-state index is 0.0948. The number of likely N-dealkylation sites (N-methyl/N-ethyl adjacent to an activating group) is 1. The maximum Gasteiger partial charge on any atom is 0.231 e. The Balaban J connectivity index is 1.67. The summed E-state index contributed by atoms with van der Waals surface area (Å²) in [5.74, 6) is 1.24. The van der Waals surface area contributed by atoms with Crippen molar-refractivity contribution in [2.45, 2.75) is 19.4 Å². The Morgan fingerprint density at radius 2 is 2.14 bits per heavy atom. The zero-order valence-corrected chi connectivity index (χ0v) is 12.2. The van der Waals surface area contributed by atoms with Gasteiger partial charge in [-0.1, -0.05) is 24.2 Å². The molecule has 0 radical (unpaired) electrons. The zero-order chi connectivity index (χ0) is 14.7. The van der Waals surface area contributed by atoms with Crippen LogP contribution in [-0.2, 0) is 11.2 Å². The van der Waals surface area contributed by atoms with Crippen molar-refractivity contribution in [3.63, 3.8) is 0 Å². The Hall–Kier alpha value is -1.92. The lowest BCUT2D eigenvalue weighted by Gasteiger charge is -2.30. The summed E-state index contributed by atoms with van der Waals surface area (Å²) in [6, 6.07) is 7.68. The largest absolute Gasteiger partial charge is 0.399 e. The molecule has 1 atom stereocenters. The lowest BCUT2D eigenvalue weighted by atomic mass is 10.1. The van der Waals surface area contributed by atoms with Crippen molar-refractivity contribution in [1.29, 1.82) is 0 Å². The molecule has 1 aliphatic heterocycles. The van der Waals surface area contributed by atoms with Gasteiger partial charge >= 0.3 is 0 Å². The maximum atomic E-state index is 5.73. The molecule has 1 aromatic carbocycles. The van der Waals surface area contributed by atoms with Crippen LogP contribution in [-0.4, -0.2) is 41.3 Å². The molecule has 6 nitrogen and oxygen atoms in total. The third kappa shape index (κ3) is 3.40. The Morgan fingerprint density at radius 1 is 1.33 bits per heavy atom. The van der Waals surface area contributed by atoms with Gasteiger partial charge in [0.2, 0.25) is 11.7 Å². The van der Waals surface area contributed by atoms with Gasteiger partial charge in [-0.2, -0.15) is 4.98 Å². The number of benzene rings is 1. The average Bonchev–Trinajstić information content (AvgIpc) is 2.98. The Labute approximate surface area is 123 Å². The van der Waals surface area contributed by atoms with E-state index in [1.165, 1.54) is 0 Å². The summed E-state index contributed by atoms with van der Waals surface area (Å²) in [7, 11) is 0. The minimum Gasteiger partial charge on any atom is -0.399 e. The number of ether oxygens (including phenoxy) is 1. The van der Waals surface area contributed by atoms with Gasteiger partial charge in [-0.05, 0) is 24.2 Å². The van der Waals surface area contributed by atoms with Crippen molar-refractivity contribution in [3.05, 3.63) is 41.5 Å². The number of nitrogens with two attached hydrogens (primary N) is 1. The molecule has 112 valence electrons. The van der Waals surface area contributed by atoms with Crippen LogP contribution in [0.5, 0.6) is 0 Å². The van der Waals surface area contributed by atoms with Crippen molar-refractivity contribution in [2.24, 2.45) is 0 Å². The standard InChI is InChI=1S/C15H20N4O2/c1-2-19-7-8-20-13(10-19)15-17-14(21-18-15)9-11-3-5-12(16)6-4-11/h3-6,13H,2,7-10,16H2,1H3. The van der Waals surface area contributed by atoms with Gasteiger partial charge < -0.3 is 15.0 Å². The first-order valence-corrected chi connectivity index (χ1v) is 7.25. The average molecular weight is 288 g/mol. The molecule has 0 saturated carbocycles. The molecule has 0 bridgehead atoms. The third-order valence-corrected chi connectivity index (χ3v) is 3.70. The van der Waals surface area contributed by atoms with E-state index < -0.39 is 0 Å². The van der Waals surface area contributed by atoms with E-state index in [1.54, 1.807) is 0 Å². The van der Waals surface area contributed by atoms with Crippen LogP contribution in [0.15, 0.2) is 28.8 Å². The number of hydrogen-bond acceptors (Lipinski definition) is 6. The van der Waals surface area contributed by atoms with Gasteiger partial charge in [-0.15, -0.1) is 0 Å². The van der Waals surface area contributed by atoms with Gasteiger partial charge in [-0.25, -0.2) is 0 Å². The van der Waals surface area contributed by atoms with E-state index >= 15 is 0 Å². The number of rotatable bonds is 4. The summed E-state index contributed by atoms with van der Waals surface area (Å²) in [4.78, 5) is 6.78. The first-order valence-electron chi connectivity index (χ1n) is 7.25. The highest BCUT2D eigenvalue weighted by Gasteiger charge is 2.25. The smallest absolute Gasteiger partial charge is 0.231 e. The highest BCUT2D eigenvalue weighted by molar-refractivity contribution is 5.39. The Bertz CT molecular complexity index is 582. The van der Waals surface area contributed by atoms with E-state index in [4.69, 9.17) is 15.0 Å². The second-order valence-electron chi connectivity index (χ2n) is 5.22. The van der Waals surface area contributed by atoms with E-state index in [-0.39, 0.29) is 6.10 Å². The van der Waals surface area contributed by atoms with Gasteiger partial charge in [0.25, 0.3) is 0 Å². The number of anilines is 1. The van der Waals surface area contributed by atoms with E-state index in [1.807, 2.05) is 24.3 Å². The highest BCUT2D eigenvalue weighted by Crippen LogP contribution is 2.20. The molecule has 2 N–H and O–H groups in total. The fourth-order valence-electron chi connectivity index (χ4n) is 2.43. The van der Waals surface area contributed by atoms with Crippen LogP contribution in [0, 0.1) is 0 Å². The van der Waals surface area contributed by atoms with Crippen LogP contribution >= 0.6 is 0 Å². The molecule has 2 heterocycles. The molecule has 0 aliphatic carbocycles. The number of aromatic nitrogens is 2. The molecule has 0 amide bonds. The fraction of sp³-hybridized carbons (Fsp3) is 0.467. The zero-order valence-electron chi connectivity index (χ0n) is 12.2. The molecular formula is C15H20N4O2. The maximum absolute atomic E-state index is 5.73. The highest BCUT2D eigenvalue weighted by atomic mass is 16.5. The van der Waals surface area contributed by atoms with Crippen LogP contribution in [0.2, 0.25) is 0 Å². The van der Waals surface area contributed by atoms with Crippen molar-refractivity contribution >= 4 is 5.69 Å². The molecule has 1 fully saturated rings. The third-order valence-electron chi connectivity index (χ3n) is 3.70. The summed E-state index contributed by atoms with van der Waals surface area (Å²) in [6.07, 6.45) is 0.514. The van der Waals surface area contributed by atoms with Crippen molar-refractivity contribution in [2.75, 3.05) is 32.0 Å². The van der Waals surface area contributed by atoms with E-state index in [2.05, 4.69) is 22.0 Å². The first-order chi connectivity index (χ1) is 10.2. The second-order valence-corrected chi connectivity index (χ2v) is 5.22. The van der Waals surface area contributed by atoms with Gasteiger partial charge in [0.05, 0.1) is 13.0 Å². The lowest BCUT2D eigenvalue weighted by molar-refractivity contribution is -0.0334. The monoisotopic (exact) mass is 288 g/mol. The summed E-state index contributed by atoms with van der Waals surface area (Å²) < 4.78 is 11.1. The predicted octanol–water partition coefficient (Wildman–Crippen LogP) is 1.64. The summed E-state index contributed by atoms with van der Waals surface area (Å²) in [6.45, 7) is 5.64. The van der Waals surface area contributed by atoms with Gasteiger partial charge in [-0.3, -0.25) is 4.90 Å². The van der Waals surface area contributed by atoms with Crippen molar-refractivity contribution in [1.82, 2.24) is 15.0 Å². The van der Waals surface area contributed by atoms with Crippen LogP contribution in [0.3, 0.4) is 0 Å². The molecule has 1 aliphatic rings. The van der Waals surface area contributed by atoms with E-state index in [9.17, 15) is 0 Å². The predicted molar refractivity (Wildman–Crippen MR) is 78.8 cm³/mol. The molecule has 1 aromatic heterocycles. The molecule has 21 heavy (non-hydrogen) atoms. The summed E-state index contributed by atoms with van der Waals surface area (Å²) >= 11 is 0. The van der Waals surface area contributed by atoms with Crippen LogP contribution in [0.1, 0.15) is 30.3 Å². The van der Waals surface area contributed by atoms with E-state index in [0.29, 0.717) is 24.7 Å². The van der Waals surface area contributed by atoms with Crippen LogP contribution < -0.4 is 5.73 Å². The summed E-state index contributed by atoms with van der Waals surface area (Å²) in [5, 5.41) is 4.06. The molecular weight excluding hydrogens is 268 g/mol. The Kier molecular flexibility index (Phi) is 4.17. The molecule has 3 rings (SSSR count). The lowest BCUT2D eigenvalue weighted by Crippen LogP contribution is -2.38. The van der Waals surface area contributed by atoms with Crippen LogP contribution in [0.25, 0.3) is 0 Å². The normalized spacial score (nSPS) is 19.8. The first kappa shape index (κ1) is 14.0. The quantitative estimate of drug-likeness (QED) is 0.862. The number of nitrogens with zero attached hydrogens (tertiary/aromatic N) is 3. The Morgan fingerprint density at radius 3 is 2.90 bits per heavy atom. The van der Waals surface area contributed by atoms with Crippen LogP contribution in [0.4, 0.5) is 5.69 Å². The van der Waals surface area contributed by atoms with Gasteiger partial charge in [0.1, 0.15) is 6.10 Å². The molecule has 1 saturated heterocycles. The molecule has 0 spiro atoms. The fourth-order valence-corrected chi connectivity index (χ4v) is 2.43. The number of morpholine rings is 1. The van der Waals surface area contributed by atoms with Crippen molar-refractivity contribution < 1.29 is 9.26 Å². The summed E-state index contributed by atoms with van der Waals surface area (Å²) in [5.41, 5.74) is 7.52. The van der Waals surface area contributed by atoms with Crippen molar-refractivity contribution in [3.8, 4) is 0 Å². The van der Waals surface area contributed by atoms with Gasteiger partial charge in [0.15, 0.2) is 0 Å². The number of hydrogen-bond donors (Lipinski definition) is 1. The van der Waals surface area contributed by atoms with E-state index in [0.717, 1.165) is 30.9 Å². The topological polar surface area (TPSA) is 77.4 Å². The number of nitrogen functional groups attached to an aromatic ring is 1. The molecule has 6 heteroatoms. The van der Waals surface area contributed by atoms with Gasteiger partial charge in [0, 0.05) is 18.8 Å². The molecule has 2 aromatic rings. The minimum atomic E-state index is -0.0948.